The first-order chi connectivity index (χ1) is 10.1. The number of carbonyl (C=O) groups excluding carboxylic acids is 1. The molecule has 0 aliphatic heterocycles. The third-order valence-electron chi connectivity index (χ3n) is 3.03. The summed E-state index contributed by atoms with van der Waals surface area (Å²) in [4.78, 5) is 11.6. The van der Waals surface area contributed by atoms with Gasteiger partial charge >= 0.3 is 0 Å². The topological polar surface area (TPSA) is 58.6 Å². The van der Waals surface area contributed by atoms with Crippen molar-refractivity contribution in [1.82, 2.24) is 5.32 Å². The zero-order chi connectivity index (χ0) is 15.5. The highest BCUT2D eigenvalue weighted by molar-refractivity contribution is 5.91. The molecule has 0 aromatic heterocycles. The van der Waals surface area contributed by atoms with E-state index in [9.17, 15) is 4.79 Å². The van der Waals surface area contributed by atoms with Crippen LogP contribution in [0.4, 0.5) is 0 Å². The summed E-state index contributed by atoms with van der Waals surface area (Å²) in [6.45, 7) is 5.80. The standard InChI is InChI=1S/C17H25NO3/c1-14(2)16-7-4-15(5-8-16)6-9-17(20)18-10-3-12-21-13-11-19/h4-9,14,19H,3,10-13H2,1-2H3,(H,18,20)/b9-6+. The van der Waals surface area contributed by atoms with Crippen LogP contribution >= 0.6 is 0 Å². The van der Waals surface area contributed by atoms with Crippen LogP contribution in [0.1, 0.15) is 37.3 Å². The monoisotopic (exact) mass is 291 g/mol. The maximum Gasteiger partial charge on any atom is 0.244 e. The second-order valence-corrected chi connectivity index (χ2v) is 5.14. The van der Waals surface area contributed by atoms with Gasteiger partial charge in [-0.15, -0.1) is 0 Å². The predicted octanol–water partition coefficient (Wildman–Crippen LogP) is 2.34. The second kappa shape index (κ2) is 10.1. The number of amides is 1. The van der Waals surface area contributed by atoms with Gasteiger partial charge in [-0.1, -0.05) is 38.1 Å². The normalized spacial score (nSPS) is 11.2. The van der Waals surface area contributed by atoms with Crippen molar-refractivity contribution in [3.63, 3.8) is 0 Å². The summed E-state index contributed by atoms with van der Waals surface area (Å²) >= 11 is 0. The Bertz CT molecular complexity index is 438. The fraction of sp³-hybridized carbons (Fsp3) is 0.471. The molecule has 1 amide bonds. The number of aliphatic hydroxyl groups is 1. The molecular weight excluding hydrogens is 266 g/mol. The van der Waals surface area contributed by atoms with Crippen LogP contribution in [0.5, 0.6) is 0 Å². The molecule has 0 aliphatic rings. The Labute approximate surface area is 126 Å². The molecule has 1 rings (SSSR count). The van der Waals surface area contributed by atoms with E-state index in [0.717, 1.165) is 12.0 Å². The highest BCUT2D eigenvalue weighted by atomic mass is 16.5. The van der Waals surface area contributed by atoms with E-state index in [0.29, 0.717) is 25.7 Å². The minimum absolute atomic E-state index is 0.0324. The Morgan fingerprint density at radius 2 is 2.00 bits per heavy atom. The van der Waals surface area contributed by atoms with Gasteiger partial charge in [-0.25, -0.2) is 0 Å². The third kappa shape index (κ3) is 7.63. The van der Waals surface area contributed by atoms with E-state index in [-0.39, 0.29) is 12.5 Å². The van der Waals surface area contributed by atoms with E-state index in [1.54, 1.807) is 6.08 Å². The maximum atomic E-state index is 11.6. The summed E-state index contributed by atoms with van der Waals surface area (Å²) < 4.78 is 5.11. The van der Waals surface area contributed by atoms with E-state index in [1.807, 2.05) is 18.2 Å². The summed E-state index contributed by atoms with van der Waals surface area (Å²) in [5.41, 5.74) is 2.31. The molecule has 0 atom stereocenters. The predicted molar refractivity (Wildman–Crippen MR) is 85.1 cm³/mol. The second-order valence-electron chi connectivity index (χ2n) is 5.14. The van der Waals surface area contributed by atoms with Crippen molar-refractivity contribution < 1.29 is 14.6 Å². The van der Waals surface area contributed by atoms with Gasteiger partial charge in [0, 0.05) is 19.2 Å². The van der Waals surface area contributed by atoms with Gasteiger partial charge in [-0.3, -0.25) is 4.79 Å². The van der Waals surface area contributed by atoms with Crippen LogP contribution in [0.15, 0.2) is 30.3 Å². The lowest BCUT2D eigenvalue weighted by Gasteiger charge is -2.05. The molecule has 0 radical (unpaired) electrons. The van der Waals surface area contributed by atoms with Crippen LogP contribution in [-0.4, -0.2) is 37.4 Å². The van der Waals surface area contributed by atoms with Crippen LogP contribution in [0.25, 0.3) is 6.08 Å². The average Bonchev–Trinajstić information content (AvgIpc) is 2.49. The zero-order valence-electron chi connectivity index (χ0n) is 12.8. The van der Waals surface area contributed by atoms with Crippen LogP contribution in [0.3, 0.4) is 0 Å². The van der Waals surface area contributed by atoms with E-state index in [4.69, 9.17) is 9.84 Å². The fourth-order valence-electron chi connectivity index (χ4n) is 1.78. The van der Waals surface area contributed by atoms with Crippen molar-refractivity contribution in [2.75, 3.05) is 26.4 Å². The number of aliphatic hydroxyl groups excluding tert-OH is 1. The number of ether oxygens (including phenoxy) is 1. The molecule has 116 valence electrons. The molecule has 0 bridgehead atoms. The summed E-state index contributed by atoms with van der Waals surface area (Å²) in [5.74, 6) is 0.407. The van der Waals surface area contributed by atoms with E-state index < -0.39 is 0 Å². The van der Waals surface area contributed by atoms with E-state index >= 15 is 0 Å². The molecule has 0 unspecified atom stereocenters. The first-order valence-corrected chi connectivity index (χ1v) is 7.38. The van der Waals surface area contributed by atoms with Crippen molar-refractivity contribution >= 4 is 12.0 Å². The molecule has 0 heterocycles. The molecule has 1 aromatic carbocycles. The molecule has 0 spiro atoms. The van der Waals surface area contributed by atoms with E-state index in [1.165, 1.54) is 5.56 Å². The maximum absolute atomic E-state index is 11.6. The number of nitrogens with one attached hydrogen (secondary N) is 1. The van der Waals surface area contributed by atoms with Crippen molar-refractivity contribution in [1.29, 1.82) is 0 Å². The first kappa shape index (κ1) is 17.4. The summed E-state index contributed by atoms with van der Waals surface area (Å²) in [6, 6.07) is 8.20. The molecule has 0 aliphatic carbocycles. The van der Waals surface area contributed by atoms with E-state index in [2.05, 4.69) is 31.3 Å². The Balaban J connectivity index is 2.27. The largest absolute Gasteiger partial charge is 0.394 e. The van der Waals surface area contributed by atoms with Gasteiger partial charge in [0.05, 0.1) is 13.2 Å². The van der Waals surface area contributed by atoms with Gasteiger partial charge in [0.1, 0.15) is 0 Å². The lowest BCUT2D eigenvalue weighted by molar-refractivity contribution is -0.116. The molecule has 1 aromatic rings. The molecule has 21 heavy (non-hydrogen) atoms. The van der Waals surface area contributed by atoms with Gasteiger partial charge < -0.3 is 15.2 Å². The van der Waals surface area contributed by atoms with Crippen LogP contribution in [0.2, 0.25) is 0 Å². The number of hydrogen-bond donors (Lipinski definition) is 2. The van der Waals surface area contributed by atoms with Gasteiger partial charge in [0.2, 0.25) is 5.91 Å². The lowest BCUT2D eigenvalue weighted by atomic mass is 10.0. The average molecular weight is 291 g/mol. The molecule has 0 saturated carbocycles. The Kier molecular flexibility index (Phi) is 8.40. The lowest BCUT2D eigenvalue weighted by Crippen LogP contribution is -2.23. The van der Waals surface area contributed by atoms with Crippen LogP contribution < -0.4 is 5.32 Å². The van der Waals surface area contributed by atoms with Crippen molar-refractivity contribution in [2.45, 2.75) is 26.2 Å². The molecule has 4 nitrogen and oxygen atoms in total. The summed E-state index contributed by atoms with van der Waals surface area (Å²) in [7, 11) is 0. The Morgan fingerprint density at radius 3 is 2.62 bits per heavy atom. The minimum Gasteiger partial charge on any atom is -0.394 e. The minimum atomic E-state index is -0.106. The van der Waals surface area contributed by atoms with Gasteiger partial charge in [-0.2, -0.15) is 0 Å². The number of rotatable bonds is 9. The molecule has 4 heteroatoms. The van der Waals surface area contributed by atoms with Crippen LogP contribution in [-0.2, 0) is 9.53 Å². The van der Waals surface area contributed by atoms with Crippen LogP contribution in [0, 0.1) is 0 Å². The number of hydrogen-bond acceptors (Lipinski definition) is 3. The van der Waals surface area contributed by atoms with Gasteiger partial charge in [0.25, 0.3) is 0 Å². The number of benzene rings is 1. The third-order valence-corrected chi connectivity index (χ3v) is 3.03. The van der Waals surface area contributed by atoms with Gasteiger partial charge in [-0.05, 0) is 29.5 Å². The molecule has 0 fully saturated rings. The fourth-order valence-corrected chi connectivity index (χ4v) is 1.78. The zero-order valence-corrected chi connectivity index (χ0v) is 12.8. The van der Waals surface area contributed by atoms with Gasteiger partial charge in [0.15, 0.2) is 0 Å². The highest BCUT2D eigenvalue weighted by Gasteiger charge is 1.98. The molecular formula is C17H25NO3. The number of carbonyl (C=O) groups is 1. The van der Waals surface area contributed by atoms with Crippen molar-refractivity contribution in [3.05, 3.63) is 41.5 Å². The molecule has 2 N–H and O–H groups in total. The summed E-state index contributed by atoms with van der Waals surface area (Å²) in [6.07, 6.45) is 4.09. The smallest absolute Gasteiger partial charge is 0.244 e. The summed E-state index contributed by atoms with van der Waals surface area (Å²) in [5, 5.41) is 11.3. The Hall–Kier alpha value is -1.65. The van der Waals surface area contributed by atoms with Crippen molar-refractivity contribution in [3.8, 4) is 0 Å². The van der Waals surface area contributed by atoms with Crippen molar-refractivity contribution in [2.24, 2.45) is 0 Å². The first-order valence-electron chi connectivity index (χ1n) is 7.38. The highest BCUT2D eigenvalue weighted by Crippen LogP contribution is 2.15. The quantitative estimate of drug-likeness (QED) is 0.542. The Morgan fingerprint density at radius 1 is 1.29 bits per heavy atom. The SMILES string of the molecule is CC(C)c1ccc(/C=C/C(=O)NCCCOCCO)cc1. The molecule has 0 saturated heterocycles.